The summed E-state index contributed by atoms with van der Waals surface area (Å²) in [7, 11) is 19.8. The first-order valence-corrected chi connectivity index (χ1v) is 14.4. The summed E-state index contributed by atoms with van der Waals surface area (Å²) >= 11 is 1.18. The molecule has 0 spiro atoms. The van der Waals surface area contributed by atoms with Gasteiger partial charge in [0.25, 0.3) is 11.8 Å². The molecular formula is C28H29B3N8O5S. The molecule has 0 atom stereocenters. The minimum absolute atomic E-state index is 0.180. The van der Waals surface area contributed by atoms with E-state index >= 15 is 0 Å². The number of thiazole rings is 1. The number of rotatable bonds is 13. The van der Waals surface area contributed by atoms with Crippen LogP contribution in [0.5, 0.6) is 5.75 Å². The minimum Gasteiger partial charge on any atom is -0.494 e. The molecule has 3 heterocycles. The van der Waals surface area contributed by atoms with E-state index < -0.39 is 16.7 Å². The smallest absolute Gasteiger partial charge is 0.280 e. The molecule has 0 fully saturated rings. The Morgan fingerprint density at radius 3 is 2.47 bits per heavy atom. The first kappa shape index (κ1) is 33.4. The Kier molecular flexibility index (Phi) is 10.5. The highest BCUT2D eigenvalue weighted by Gasteiger charge is 2.23. The number of aliphatic hydroxyl groups is 1. The van der Waals surface area contributed by atoms with Gasteiger partial charge in [-0.05, 0) is 43.7 Å². The number of benzene rings is 1. The van der Waals surface area contributed by atoms with Crippen LogP contribution in [0.25, 0.3) is 11.3 Å². The van der Waals surface area contributed by atoms with Crippen molar-refractivity contribution < 1.29 is 24.2 Å². The lowest BCUT2D eigenvalue weighted by molar-refractivity contribution is 0.0785. The number of para-hydroxylation sites is 1. The van der Waals surface area contributed by atoms with Crippen LogP contribution in [0.2, 0.25) is 0 Å². The lowest BCUT2D eigenvalue weighted by Crippen LogP contribution is -2.50. The summed E-state index contributed by atoms with van der Waals surface area (Å²) in [5, 5.41) is 29.8. The van der Waals surface area contributed by atoms with Crippen molar-refractivity contribution in [3.05, 3.63) is 64.2 Å². The van der Waals surface area contributed by atoms with E-state index in [1.165, 1.54) is 30.7 Å². The molecule has 6 radical (unpaired) electrons. The topological polar surface area (TPSA) is 173 Å². The Morgan fingerprint density at radius 2 is 1.78 bits per heavy atom. The molecule has 4 rings (SSSR count). The number of hydrogen-bond acceptors (Lipinski definition) is 12. The lowest BCUT2D eigenvalue weighted by Gasteiger charge is -2.23. The molecule has 0 aliphatic rings. The lowest BCUT2D eigenvalue weighted by atomic mass is 9.49. The van der Waals surface area contributed by atoms with Gasteiger partial charge in [0, 0.05) is 36.9 Å². The summed E-state index contributed by atoms with van der Waals surface area (Å²) in [6, 6.07) is 10.1. The largest absolute Gasteiger partial charge is 0.494 e. The van der Waals surface area contributed by atoms with Crippen molar-refractivity contribution in [1.82, 2.24) is 30.8 Å². The molecule has 0 saturated heterocycles. The fourth-order valence-electron chi connectivity index (χ4n) is 4.03. The Labute approximate surface area is 268 Å². The van der Waals surface area contributed by atoms with Gasteiger partial charge in [-0.2, -0.15) is 0 Å². The summed E-state index contributed by atoms with van der Waals surface area (Å²) in [6.07, 6.45) is 1.54. The van der Waals surface area contributed by atoms with Crippen molar-refractivity contribution in [2.24, 2.45) is 0 Å². The number of nitrogens with one attached hydrogen (secondary N) is 4. The highest BCUT2D eigenvalue weighted by atomic mass is 32.1. The van der Waals surface area contributed by atoms with E-state index in [2.05, 4.69) is 41.4 Å². The number of carbonyl (C=O) groups excluding carboxylic acids is 2. The zero-order valence-corrected chi connectivity index (χ0v) is 25.9. The summed E-state index contributed by atoms with van der Waals surface area (Å²) < 4.78 is 10.7. The van der Waals surface area contributed by atoms with Crippen molar-refractivity contribution >= 4 is 69.7 Å². The van der Waals surface area contributed by atoms with Gasteiger partial charge >= 0.3 is 0 Å². The van der Waals surface area contributed by atoms with Crippen LogP contribution in [0, 0.1) is 0 Å². The Morgan fingerprint density at radius 1 is 1.00 bits per heavy atom. The van der Waals surface area contributed by atoms with Crippen LogP contribution in [0.15, 0.2) is 48.0 Å². The maximum absolute atomic E-state index is 13.1. The molecule has 0 unspecified atom stereocenters. The normalized spacial score (nSPS) is 11.5. The number of hydrogen-bond donors (Lipinski definition) is 5. The number of methoxy groups -OCH3 is 2. The van der Waals surface area contributed by atoms with Gasteiger partial charge in [-0.1, -0.05) is 11.3 Å². The number of amides is 2. The van der Waals surface area contributed by atoms with E-state index in [0.29, 0.717) is 47.2 Å². The molecule has 4 aromatic rings. The fourth-order valence-corrected chi connectivity index (χ4v) is 4.76. The van der Waals surface area contributed by atoms with Crippen LogP contribution in [-0.4, -0.2) is 93.2 Å². The molecular weight excluding hydrogens is 593 g/mol. The van der Waals surface area contributed by atoms with Crippen molar-refractivity contribution in [2.75, 3.05) is 38.0 Å². The Bertz CT molecular complexity index is 1680. The number of ether oxygens (including phenoxy) is 2. The minimum atomic E-state index is -2.02. The quantitative estimate of drug-likeness (QED) is 0.109. The zero-order valence-electron chi connectivity index (χ0n) is 25.0. The first-order chi connectivity index (χ1) is 21.3. The third-order valence-electron chi connectivity index (χ3n) is 6.12. The van der Waals surface area contributed by atoms with Crippen molar-refractivity contribution in [1.29, 1.82) is 0 Å². The van der Waals surface area contributed by atoms with E-state index in [0.717, 1.165) is 0 Å². The molecule has 0 aliphatic carbocycles. The molecule has 226 valence electrons. The monoisotopic (exact) mass is 622 g/mol. The van der Waals surface area contributed by atoms with Crippen LogP contribution >= 0.6 is 11.3 Å². The van der Waals surface area contributed by atoms with Crippen molar-refractivity contribution in [3.8, 4) is 17.0 Å². The molecule has 0 saturated carbocycles. The summed E-state index contributed by atoms with van der Waals surface area (Å²) in [4.78, 5) is 34.3. The molecule has 2 amide bonds. The molecule has 17 heteroatoms. The van der Waals surface area contributed by atoms with Crippen molar-refractivity contribution in [2.45, 2.75) is 24.7 Å². The second kappa shape index (κ2) is 14.1. The van der Waals surface area contributed by atoms with E-state index in [1.807, 2.05) is 0 Å². The maximum atomic E-state index is 13.1. The first-order valence-electron chi connectivity index (χ1n) is 13.5. The third-order valence-corrected chi connectivity index (χ3v) is 6.96. The standard InChI is InChI=1S/C28H29B3N8O5S/c1-27(2,42)15-8-9-32-20(12-15)36-21-13-18(22(39-38-21)24(40)37-28(29,30)31)34-17-7-5-6-16(23(17)44-4)19-14-45-26(35-19)25(41)33-10-11-43-3/h5-9,12-14,42H,10-11H2,1-4H3,(H,33,41)(H,37,40)(H2,32,34,36,38). The Hall–Kier alpha value is -4.47. The van der Waals surface area contributed by atoms with E-state index in [9.17, 15) is 14.7 Å². The average Bonchev–Trinajstić information content (AvgIpc) is 3.46. The van der Waals surface area contributed by atoms with Crippen LogP contribution in [-0.2, 0) is 10.3 Å². The predicted octanol–water partition coefficient (Wildman–Crippen LogP) is 1.94. The molecule has 0 aliphatic heterocycles. The molecule has 0 bridgehead atoms. The highest BCUT2D eigenvalue weighted by molar-refractivity contribution is 7.12. The highest BCUT2D eigenvalue weighted by Crippen LogP contribution is 2.39. The number of carbonyl (C=O) groups is 2. The summed E-state index contributed by atoms with van der Waals surface area (Å²) in [5.41, 5.74) is 1.03. The predicted molar refractivity (Wildman–Crippen MR) is 174 cm³/mol. The number of aromatic nitrogens is 4. The van der Waals surface area contributed by atoms with Crippen LogP contribution in [0.4, 0.5) is 23.0 Å². The second-order valence-electron chi connectivity index (χ2n) is 10.3. The van der Waals surface area contributed by atoms with Gasteiger partial charge < -0.3 is 35.8 Å². The van der Waals surface area contributed by atoms with Gasteiger partial charge in [0.2, 0.25) is 0 Å². The fraction of sp³-hybridized carbons (Fsp3) is 0.286. The number of pyridine rings is 1. The SMILES string of the molecule is [B]C([B])([B])NC(=O)c1nnc(Nc2cc(C(C)(C)O)ccn2)cc1Nc1cccc(-c2csc(C(=O)NCCOC)n2)c1OC. The van der Waals surface area contributed by atoms with E-state index in [-0.39, 0.29) is 28.1 Å². The van der Waals surface area contributed by atoms with Gasteiger partial charge in [0.1, 0.15) is 5.82 Å². The van der Waals surface area contributed by atoms with E-state index in [4.69, 9.17) is 33.0 Å². The van der Waals surface area contributed by atoms with Gasteiger partial charge in [0.05, 0.1) is 59.9 Å². The van der Waals surface area contributed by atoms with Crippen molar-refractivity contribution in [3.63, 3.8) is 0 Å². The third kappa shape index (κ3) is 8.81. The van der Waals surface area contributed by atoms with Gasteiger partial charge in [-0.15, -0.1) is 21.5 Å². The van der Waals surface area contributed by atoms with E-state index in [1.54, 1.807) is 56.7 Å². The molecule has 13 nitrogen and oxygen atoms in total. The molecule has 5 N–H and O–H groups in total. The van der Waals surface area contributed by atoms with Crippen LogP contribution in [0.1, 0.15) is 39.7 Å². The summed E-state index contributed by atoms with van der Waals surface area (Å²) in [6.45, 7) is 4.03. The van der Waals surface area contributed by atoms with Crippen LogP contribution in [0.3, 0.4) is 0 Å². The van der Waals surface area contributed by atoms with Crippen LogP contribution < -0.4 is 26.0 Å². The van der Waals surface area contributed by atoms with Gasteiger partial charge in [0.15, 0.2) is 22.3 Å². The number of anilines is 4. The maximum Gasteiger partial charge on any atom is 0.280 e. The second-order valence-corrected chi connectivity index (χ2v) is 11.1. The summed E-state index contributed by atoms with van der Waals surface area (Å²) in [5.74, 6) is -0.162. The molecule has 3 aromatic heterocycles. The average molecular weight is 622 g/mol. The number of nitrogens with zero attached hydrogens (tertiary/aromatic N) is 4. The molecule has 1 aromatic carbocycles. The van der Waals surface area contributed by atoms with Gasteiger partial charge in [-0.3, -0.25) is 9.59 Å². The van der Waals surface area contributed by atoms with Gasteiger partial charge in [-0.25, -0.2) is 9.97 Å². The molecule has 45 heavy (non-hydrogen) atoms. The zero-order chi connectivity index (χ0) is 32.8. The Balaban J connectivity index is 1.70.